The zero-order valence-corrected chi connectivity index (χ0v) is 16.7. The van der Waals surface area contributed by atoms with E-state index in [-0.39, 0.29) is 0 Å². The molecule has 3 nitrogen and oxygen atoms in total. The van der Waals surface area contributed by atoms with E-state index in [0.29, 0.717) is 5.92 Å². The maximum absolute atomic E-state index is 6.59. The average Bonchev–Trinajstić information content (AvgIpc) is 3.35. The number of aryl methyl sites for hydroxylation is 3. The molecule has 1 aliphatic carbocycles. The van der Waals surface area contributed by atoms with E-state index >= 15 is 0 Å². The van der Waals surface area contributed by atoms with Gasteiger partial charge in [-0.2, -0.15) is 0 Å². The monoisotopic (exact) mass is 369 g/mol. The number of rotatable bonds is 1. The summed E-state index contributed by atoms with van der Waals surface area (Å²) in [5.41, 5.74) is 7.23. The van der Waals surface area contributed by atoms with Crippen LogP contribution in [0.4, 0.5) is 0 Å². The van der Waals surface area contributed by atoms with Crippen LogP contribution in [-0.4, -0.2) is 4.57 Å². The first-order chi connectivity index (χ1) is 13.6. The lowest BCUT2D eigenvalue weighted by Gasteiger charge is -2.17. The highest BCUT2D eigenvalue weighted by atomic mass is 16.3. The summed E-state index contributed by atoms with van der Waals surface area (Å²) in [7, 11) is 4.25. The molecule has 0 bridgehead atoms. The molecule has 28 heavy (non-hydrogen) atoms. The third-order valence-electron chi connectivity index (χ3n) is 6.92. The number of aromatic nitrogens is 2. The molecule has 1 fully saturated rings. The summed E-state index contributed by atoms with van der Waals surface area (Å²) in [6.07, 6.45) is 9.64. The van der Waals surface area contributed by atoms with Gasteiger partial charge in [-0.25, -0.2) is 4.57 Å². The Kier molecular flexibility index (Phi) is 3.24. The van der Waals surface area contributed by atoms with E-state index in [1.165, 1.54) is 69.4 Å². The minimum absolute atomic E-state index is 0.681. The highest BCUT2D eigenvalue weighted by Gasteiger charge is 2.22. The van der Waals surface area contributed by atoms with Crippen LogP contribution >= 0.6 is 0 Å². The van der Waals surface area contributed by atoms with Gasteiger partial charge in [-0.3, -0.25) is 0 Å². The van der Waals surface area contributed by atoms with Gasteiger partial charge in [-0.15, -0.1) is 0 Å². The third kappa shape index (κ3) is 2.07. The second-order valence-electron chi connectivity index (χ2n) is 8.58. The zero-order chi connectivity index (χ0) is 19.0. The first-order valence-electron chi connectivity index (χ1n) is 10.3. The highest BCUT2D eigenvalue weighted by molar-refractivity contribution is 6.19. The van der Waals surface area contributed by atoms with Crippen molar-refractivity contribution in [2.75, 3.05) is 0 Å². The molecular weight excluding hydrogens is 344 g/mol. The number of pyridine rings is 1. The van der Waals surface area contributed by atoms with Crippen molar-refractivity contribution in [2.45, 2.75) is 38.5 Å². The Labute approximate surface area is 164 Å². The van der Waals surface area contributed by atoms with Gasteiger partial charge in [0, 0.05) is 30.1 Å². The minimum Gasteiger partial charge on any atom is -0.456 e. The Hall–Kier alpha value is -2.81. The lowest BCUT2D eigenvalue weighted by atomic mass is 9.93. The van der Waals surface area contributed by atoms with Crippen molar-refractivity contribution in [1.82, 2.24) is 4.57 Å². The summed E-state index contributed by atoms with van der Waals surface area (Å²) in [6.45, 7) is 2.22. The molecule has 0 unspecified atom stereocenters. The quantitative estimate of drug-likeness (QED) is 0.201. The summed E-state index contributed by atoms with van der Waals surface area (Å²) in [4.78, 5) is 0. The highest BCUT2D eigenvalue weighted by Crippen LogP contribution is 2.41. The van der Waals surface area contributed by atoms with Gasteiger partial charge < -0.3 is 8.98 Å². The van der Waals surface area contributed by atoms with Crippen LogP contribution in [0.25, 0.3) is 43.7 Å². The zero-order valence-electron chi connectivity index (χ0n) is 16.7. The van der Waals surface area contributed by atoms with Crippen LogP contribution in [0.2, 0.25) is 0 Å². The van der Waals surface area contributed by atoms with Crippen molar-refractivity contribution in [3.63, 3.8) is 0 Å². The Bertz CT molecular complexity index is 1400. The van der Waals surface area contributed by atoms with Gasteiger partial charge in [0.25, 0.3) is 0 Å². The van der Waals surface area contributed by atoms with E-state index in [4.69, 9.17) is 4.42 Å². The molecule has 5 aromatic rings. The second kappa shape index (κ2) is 5.60. The summed E-state index contributed by atoms with van der Waals surface area (Å²) in [6, 6.07) is 11.4. The Morgan fingerprint density at radius 3 is 2.64 bits per heavy atom. The molecule has 1 aliphatic rings. The fourth-order valence-electron chi connectivity index (χ4n) is 5.41. The minimum atomic E-state index is 0.681. The number of fused-ring (bicyclic) bond motifs is 3. The number of hydrogen-bond acceptors (Lipinski definition) is 1. The maximum atomic E-state index is 6.59. The van der Waals surface area contributed by atoms with E-state index in [9.17, 15) is 0 Å². The van der Waals surface area contributed by atoms with Crippen molar-refractivity contribution in [3.8, 4) is 0 Å². The molecule has 1 saturated carbocycles. The smallest absolute Gasteiger partial charge is 0.216 e. The Morgan fingerprint density at radius 2 is 1.82 bits per heavy atom. The maximum Gasteiger partial charge on any atom is 0.216 e. The first-order valence-corrected chi connectivity index (χ1v) is 10.3. The lowest BCUT2D eigenvalue weighted by molar-refractivity contribution is -0.642. The van der Waals surface area contributed by atoms with Crippen LogP contribution < -0.4 is 4.57 Å². The Morgan fingerprint density at radius 1 is 1.04 bits per heavy atom. The summed E-state index contributed by atoms with van der Waals surface area (Å²) < 4.78 is 11.0. The van der Waals surface area contributed by atoms with Crippen molar-refractivity contribution in [2.24, 2.45) is 14.1 Å². The molecule has 6 rings (SSSR count). The van der Waals surface area contributed by atoms with Crippen LogP contribution in [0.15, 0.2) is 47.1 Å². The summed E-state index contributed by atoms with van der Waals surface area (Å²) >= 11 is 0. The fourth-order valence-corrected chi connectivity index (χ4v) is 5.41. The molecule has 3 heteroatoms. The largest absolute Gasteiger partial charge is 0.456 e. The standard InChI is InChI=1S/C25H25N2O/c1-15-19-9-11-26(2)20(19)14-22-23(15)25-24-17(8-10-27(25)3)12-18(13-21(24)28-22)16-6-4-5-7-16/h8-14,16H,4-7H2,1-3H3/q+1. The normalized spacial score (nSPS) is 15.7. The molecular formula is C25H25N2O+. The average molecular weight is 369 g/mol. The van der Waals surface area contributed by atoms with Crippen LogP contribution in [0.1, 0.15) is 42.7 Å². The van der Waals surface area contributed by atoms with Crippen LogP contribution in [0, 0.1) is 6.92 Å². The molecule has 0 amide bonds. The molecule has 0 spiro atoms. The van der Waals surface area contributed by atoms with E-state index in [0.717, 1.165) is 11.2 Å². The topological polar surface area (TPSA) is 21.9 Å². The van der Waals surface area contributed by atoms with Gasteiger partial charge in [-0.1, -0.05) is 18.9 Å². The van der Waals surface area contributed by atoms with Crippen LogP contribution in [0.3, 0.4) is 0 Å². The number of benzene rings is 2. The molecule has 0 radical (unpaired) electrons. The van der Waals surface area contributed by atoms with Gasteiger partial charge in [-0.05, 0) is 54.3 Å². The van der Waals surface area contributed by atoms with Gasteiger partial charge in [0.1, 0.15) is 18.2 Å². The van der Waals surface area contributed by atoms with Crippen molar-refractivity contribution < 1.29 is 8.98 Å². The third-order valence-corrected chi connectivity index (χ3v) is 6.92. The van der Waals surface area contributed by atoms with Gasteiger partial charge in [0.15, 0.2) is 6.20 Å². The summed E-state index contributed by atoms with van der Waals surface area (Å²) in [5.74, 6) is 0.681. The van der Waals surface area contributed by atoms with Crippen molar-refractivity contribution in [3.05, 3.63) is 53.9 Å². The number of nitrogens with zero attached hydrogens (tertiary/aromatic N) is 2. The second-order valence-corrected chi connectivity index (χ2v) is 8.58. The van der Waals surface area contributed by atoms with Gasteiger partial charge >= 0.3 is 0 Å². The van der Waals surface area contributed by atoms with E-state index in [2.05, 4.69) is 72.9 Å². The predicted octanol–water partition coefficient (Wildman–Crippen LogP) is 6.02. The molecule has 3 heterocycles. The Balaban J connectivity index is 1.81. The fraction of sp³-hybridized carbons (Fsp3) is 0.320. The number of hydrogen-bond donors (Lipinski definition) is 0. The molecule has 140 valence electrons. The van der Waals surface area contributed by atoms with E-state index in [1.54, 1.807) is 0 Å². The van der Waals surface area contributed by atoms with Crippen LogP contribution in [0.5, 0.6) is 0 Å². The summed E-state index contributed by atoms with van der Waals surface area (Å²) in [5, 5.41) is 5.07. The van der Waals surface area contributed by atoms with Gasteiger partial charge in [0.05, 0.1) is 17.0 Å². The van der Waals surface area contributed by atoms with Crippen molar-refractivity contribution >= 4 is 43.7 Å². The molecule has 0 aliphatic heterocycles. The molecule has 0 saturated heterocycles. The van der Waals surface area contributed by atoms with E-state index < -0.39 is 0 Å². The SMILES string of the molecule is Cc1c2cc[n+](C)c2cc2oc3cc(C4CCCC4)cc4ccn(C)c(c12)c43. The van der Waals surface area contributed by atoms with Gasteiger partial charge in [0.2, 0.25) is 5.52 Å². The molecule has 3 aromatic heterocycles. The van der Waals surface area contributed by atoms with Crippen molar-refractivity contribution in [1.29, 1.82) is 0 Å². The molecule has 2 aromatic carbocycles. The molecule has 0 atom stereocenters. The lowest BCUT2D eigenvalue weighted by Crippen LogP contribution is -2.24. The predicted molar refractivity (Wildman–Crippen MR) is 115 cm³/mol. The first kappa shape index (κ1) is 16.2. The molecule has 0 N–H and O–H groups in total. The van der Waals surface area contributed by atoms with E-state index in [1.807, 2.05) is 0 Å². The van der Waals surface area contributed by atoms with Crippen LogP contribution in [-0.2, 0) is 14.1 Å².